The first-order valence-corrected chi connectivity index (χ1v) is 10.6. The molecule has 0 unspecified atom stereocenters. The molecule has 0 N–H and O–H groups in total. The van der Waals surface area contributed by atoms with Crippen molar-refractivity contribution in [2.75, 3.05) is 22.9 Å². The van der Waals surface area contributed by atoms with Gasteiger partial charge in [0.25, 0.3) is 11.8 Å². The van der Waals surface area contributed by atoms with E-state index >= 15 is 0 Å². The normalized spacial score (nSPS) is 13.8. The average molecular weight is 444 g/mol. The fraction of sp³-hybridized carbons (Fsp3) is 0.217. The average Bonchev–Trinajstić information content (AvgIpc) is 3.64. The standard InChI is InChI=1S/C23H20N6O4/c1-2-5-19-18(4-1)28(12-20-24-22(32-26-20)16-6-10-30-14-16)8-3-9-29(19)13-21-25-23(33-27-21)17-7-11-31-15-17/h1-2,4-7,10-11,14-15H,3,8-9,12-13H2. The van der Waals surface area contributed by atoms with Gasteiger partial charge in [-0.3, -0.25) is 0 Å². The van der Waals surface area contributed by atoms with Crippen LogP contribution in [0, 0.1) is 0 Å². The van der Waals surface area contributed by atoms with E-state index in [0.29, 0.717) is 36.5 Å². The third-order valence-corrected chi connectivity index (χ3v) is 5.56. The molecule has 4 aromatic heterocycles. The monoisotopic (exact) mass is 444 g/mol. The van der Waals surface area contributed by atoms with Gasteiger partial charge in [0.15, 0.2) is 11.6 Å². The predicted octanol–water partition coefficient (Wildman–Crippen LogP) is 4.39. The number of hydrogen-bond donors (Lipinski definition) is 0. The Balaban J connectivity index is 1.23. The molecule has 1 aliphatic heterocycles. The van der Waals surface area contributed by atoms with Gasteiger partial charge in [-0.15, -0.1) is 0 Å². The fourth-order valence-electron chi connectivity index (χ4n) is 4.01. The minimum Gasteiger partial charge on any atom is -0.472 e. The van der Waals surface area contributed by atoms with Crippen LogP contribution in [0.5, 0.6) is 0 Å². The molecule has 5 heterocycles. The first-order valence-electron chi connectivity index (χ1n) is 10.6. The Hall–Kier alpha value is -4.34. The molecule has 1 aromatic carbocycles. The van der Waals surface area contributed by atoms with Gasteiger partial charge >= 0.3 is 0 Å². The van der Waals surface area contributed by atoms with Crippen LogP contribution in [0.2, 0.25) is 0 Å². The minimum atomic E-state index is 0.453. The molecular weight excluding hydrogens is 424 g/mol. The van der Waals surface area contributed by atoms with E-state index in [4.69, 9.17) is 17.9 Å². The van der Waals surface area contributed by atoms with Gasteiger partial charge in [0.2, 0.25) is 0 Å². The first kappa shape index (κ1) is 19.4. The number of fused-ring (bicyclic) bond motifs is 1. The number of benzene rings is 1. The highest BCUT2D eigenvalue weighted by molar-refractivity contribution is 5.72. The first-order chi connectivity index (χ1) is 16.3. The van der Waals surface area contributed by atoms with E-state index in [9.17, 15) is 0 Å². The Bertz CT molecular complexity index is 1220. The number of para-hydroxylation sites is 2. The van der Waals surface area contributed by atoms with Gasteiger partial charge in [0.1, 0.15) is 12.5 Å². The molecular formula is C23H20N6O4. The third kappa shape index (κ3) is 3.86. The Kier molecular flexibility index (Phi) is 4.87. The summed E-state index contributed by atoms with van der Waals surface area (Å²) >= 11 is 0. The van der Waals surface area contributed by atoms with Crippen molar-refractivity contribution in [2.45, 2.75) is 19.5 Å². The lowest BCUT2D eigenvalue weighted by molar-refractivity contribution is 0.421. The van der Waals surface area contributed by atoms with E-state index in [1.165, 1.54) is 0 Å². The molecule has 0 aliphatic carbocycles. The summed E-state index contributed by atoms with van der Waals surface area (Å²) in [6.45, 7) is 2.79. The smallest absolute Gasteiger partial charge is 0.261 e. The number of aromatic nitrogens is 4. The maximum Gasteiger partial charge on any atom is 0.261 e. The zero-order chi connectivity index (χ0) is 22.0. The van der Waals surface area contributed by atoms with Crippen molar-refractivity contribution in [3.8, 4) is 22.9 Å². The lowest BCUT2D eigenvalue weighted by Gasteiger charge is -2.26. The maximum atomic E-state index is 5.41. The van der Waals surface area contributed by atoms with E-state index in [1.54, 1.807) is 37.2 Å². The summed E-state index contributed by atoms with van der Waals surface area (Å²) < 4.78 is 21.0. The molecule has 0 spiro atoms. The molecule has 0 amide bonds. The van der Waals surface area contributed by atoms with Gasteiger partial charge in [-0.2, -0.15) is 9.97 Å². The highest BCUT2D eigenvalue weighted by atomic mass is 16.5. The molecule has 0 bridgehead atoms. The molecule has 0 atom stereocenters. The lowest BCUT2D eigenvalue weighted by atomic mass is 10.2. The Morgan fingerprint density at radius 1 is 0.697 bits per heavy atom. The van der Waals surface area contributed by atoms with Gasteiger partial charge in [-0.25, -0.2) is 0 Å². The third-order valence-electron chi connectivity index (χ3n) is 5.56. The predicted molar refractivity (Wildman–Crippen MR) is 117 cm³/mol. The van der Waals surface area contributed by atoms with Gasteiger partial charge in [-0.05, 0) is 30.7 Å². The van der Waals surface area contributed by atoms with E-state index in [0.717, 1.165) is 42.0 Å². The Labute approximate surface area is 188 Å². The van der Waals surface area contributed by atoms with E-state index in [1.807, 2.05) is 12.1 Å². The number of hydrogen-bond acceptors (Lipinski definition) is 10. The summed E-state index contributed by atoms with van der Waals surface area (Å²) in [7, 11) is 0. The van der Waals surface area contributed by atoms with Crippen LogP contribution in [0.3, 0.4) is 0 Å². The number of furan rings is 2. The van der Waals surface area contributed by atoms with Crippen molar-refractivity contribution in [2.24, 2.45) is 0 Å². The molecule has 0 saturated carbocycles. The van der Waals surface area contributed by atoms with Gasteiger partial charge in [0.05, 0.1) is 48.1 Å². The molecule has 0 fully saturated rings. The maximum absolute atomic E-state index is 5.41. The van der Waals surface area contributed by atoms with Crippen LogP contribution < -0.4 is 9.80 Å². The van der Waals surface area contributed by atoms with Crippen LogP contribution in [0.4, 0.5) is 11.4 Å². The summed E-state index contributed by atoms with van der Waals surface area (Å²) in [4.78, 5) is 13.6. The van der Waals surface area contributed by atoms with Crippen molar-refractivity contribution in [1.29, 1.82) is 0 Å². The molecule has 10 heteroatoms. The minimum absolute atomic E-state index is 0.453. The van der Waals surface area contributed by atoms with E-state index < -0.39 is 0 Å². The van der Waals surface area contributed by atoms with E-state index in [-0.39, 0.29) is 0 Å². The molecule has 5 aromatic rings. The largest absolute Gasteiger partial charge is 0.472 e. The summed E-state index contributed by atoms with van der Waals surface area (Å²) in [6.07, 6.45) is 7.30. The highest BCUT2D eigenvalue weighted by Crippen LogP contribution is 2.34. The molecule has 166 valence electrons. The lowest BCUT2D eigenvalue weighted by Crippen LogP contribution is -2.24. The van der Waals surface area contributed by atoms with Crippen molar-refractivity contribution in [3.63, 3.8) is 0 Å². The van der Waals surface area contributed by atoms with Crippen molar-refractivity contribution in [3.05, 3.63) is 73.1 Å². The van der Waals surface area contributed by atoms with Crippen LogP contribution in [0.25, 0.3) is 22.9 Å². The Morgan fingerprint density at radius 3 is 1.67 bits per heavy atom. The quantitative estimate of drug-likeness (QED) is 0.374. The molecule has 10 nitrogen and oxygen atoms in total. The number of nitrogens with zero attached hydrogens (tertiary/aromatic N) is 6. The number of anilines is 2. The summed E-state index contributed by atoms with van der Waals surface area (Å²) in [5.74, 6) is 2.15. The van der Waals surface area contributed by atoms with Crippen molar-refractivity contribution < 1.29 is 17.9 Å². The second-order valence-corrected chi connectivity index (χ2v) is 7.74. The van der Waals surface area contributed by atoms with Gasteiger partial charge in [0, 0.05) is 13.1 Å². The van der Waals surface area contributed by atoms with Crippen LogP contribution in [0.1, 0.15) is 18.1 Å². The SMILES string of the molecule is c1ccc2c(c1)N(Cc1noc(-c3ccoc3)n1)CCCN2Cc1noc(-c2ccoc2)n1. The summed E-state index contributed by atoms with van der Waals surface area (Å²) in [6, 6.07) is 11.9. The molecule has 6 rings (SSSR count). The summed E-state index contributed by atoms with van der Waals surface area (Å²) in [5.41, 5.74) is 3.74. The molecule has 0 radical (unpaired) electrons. The van der Waals surface area contributed by atoms with Crippen LogP contribution in [-0.4, -0.2) is 33.4 Å². The van der Waals surface area contributed by atoms with Crippen molar-refractivity contribution in [1.82, 2.24) is 20.3 Å². The molecule has 1 aliphatic rings. The van der Waals surface area contributed by atoms with Gasteiger partial charge < -0.3 is 27.7 Å². The van der Waals surface area contributed by atoms with Crippen LogP contribution in [-0.2, 0) is 13.1 Å². The Morgan fingerprint density at radius 2 is 1.21 bits per heavy atom. The summed E-state index contributed by atoms with van der Waals surface area (Å²) in [5, 5.41) is 8.32. The topological polar surface area (TPSA) is 111 Å². The molecule has 0 saturated heterocycles. The van der Waals surface area contributed by atoms with Crippen LogP contribution in [0.15, 0.2) is 79.3 Å². The second kappa shape index (κ2) is 8.30. The zero-order valence-electron chi connectivity index (χ0n) is 17.6. The fourth-order valence-corrected chi connectivity index (χ4v) is 4.01. The van der Waals surface area contributed by atoms with E-state index in [2.05, 4.69) is 42.2 Å². The molecule has 33 heavy (non-hydrogen) atoms. The van der Waals surface area contributed by atoms with Crippen molar-refractivity contribution >= 4 is 11.4 Å². The highest BCUT2D eigenvalue weighted by Gasteiger charge is 2.23. The van der Waals surface area contributed by atoms with Gasteiger partial charge in [-0.1, -0.05) is 22.4 Å². The zero-order valence-corrected chi connectivity index (χ0v) is 17.6. The number of rotatable bonds is 6. The van der Waals surface area contributed by atoms with Crippen LogP contribution >= 0.6 is 0 Å². The second-order valence-electron chi connectivity index (χ2n) is 7.74.